The summed E-state index contributed by atoms with van der Waals surface area (Å²) < 4.78 is 50.9. The number of ketones is 1. The third kappa shape index (κ3) is 6.73. The molecule has 2 atom stereocenters. The van der Waals surface area contributed by atoms with Gasteiger partial charge in [-0.25, -0.2) is 18.7 Å². The number of hydrogen-bond donors (Lipinski definition) is 1. The van der Waals surface area contributed by atoms with Crippen molar-refractivity contribution in [2.45, 2.75) is 18.6 Å². The van der Waals surface area contributed by atoms with Gasteiger partial charge in [0.1, 0.15) is 30.3 Å². The van der Waals surface area contributed by atoms with E-state index in [2.05, 4.69) is 15.3 Å². The second kappa shape index (κ2) is 13.0. The van der Waals surface area contributed by atoms with Gasteiger partial charge in [-0.3, -0.25) is 9.69 Å². The first-order chi connectivity index (χ1) is 19.4. The molecule has 0 radical (unpaired) electrons. The number of hydrogen-bond acceptors (Lipinski definition) is 9. The van der Waals surface area contributed by atoms with E-state index in [4.69, 9.17) is 30.5 Å². The van der Waals surface area contributed by atoms with Crippen molar-refractivity contribution < 1.29 is 32.5 Å². The molecule has 9 nitrogen and oxygen atoms in total. The van der Waals surface area contributed by atoms with E-state index in [1.54, 1.807) is 19.2 Å². The number of benzene rings is 2. The Bertz CT molecular complexity index is 1390. The van der Waals surface area contributed by atoms with Crippen LogP contribution in [-0.4, -0.2) is 86.0 Å². The van der Waals surface area contributed by atoms with Crippen LogP contribution in [0.4, 0.5) is 20.3 Å². The van der Waals surface area contributed by atoms with E-state index in [1.807, 2.05) is 4.90 Å². The molecule has 2 fully saturated rings. The van der Waals surface area contributed by atoms with Crippen LogP contribution in [0.15, 0.2) is 48.6 Å². The van der Waals surface area contributed by atoms with Gasteiger partial charge in [0, 0.05) is 55.9 Å². The lowest BCUT2D eigenvalue weighted by molar-refractivity contribution is -0.116. The normalized spacial score (nSPS) is 19.6. The number of nitrogens with zero attached hydrogens (tertiary/aromatic N) is 3. The Morgan fingerprint density at radius 3 is 2.67 bits per heavy atom. The Kier molecular flexibility index (Phi) is 9.18. The summed E-state index contributed by atoms with van der Waals surface area (Å²) in [6.45, 7) is 3.18. The number of carbonyl (C=O) groups is 1. The van der Waals surface area contributed by atoms with Crippen LogP contribution in [0.1, 0.15) is 5.56 Å². The number of ether oxygens (including phenoxy) is 4. The van der Waals surface area contributed by atoms with Gasteiger partial charge in [0.25, 0.3) is 0 Å². The van der Waals surface area contributed by atoms with Crippen molar-refractivity contribution in [1.82, 2.24) is 14.9 Å². The highest BCUT2D eigenvalue weighted by atomic mass is 35.5. The van der Waals surface area contributed by atoms with Gasteiger partial charge in [-0.15, -0.1) is 0 Å². The summed E-state index contributed by atoms with van der Waals surface area (Å²) in [5, 5.41) is 3.62. The summed E-state index contributed by atoms with van der Waals surface area (Å²) in [5.74, 6) is -1.27. The average molecular weight is 575 g/mol. The maximum Gasteiger partial charge on any atom is 0.195 e. The molecule has 1 N–H and O–H groups in total. The van der Waals surface area contributed by atoms with Crippen molar-refractivity contribution in [2.75, 3.05) is 58.5 Å². The predicted molar refractivity (Wildman–Crippen MR) is 145 cm³/mol. The highest BCUT2D eigenvalue weighted by Gasteiger charge is 2.36. The maximum atomic E-state index is 15.0. The number of anilines is 2. The fourth-order valence-corrected chi connectivity index (χ4v) is 4.89. The lowest BCUT2D eigenvalue weighted by Crippen LogP contribution is -2.36. The van der Waals surface area contributed by atoms with Gasteiger partial charge in [-0.1, -0.05) is 11.6 Å². The molecule has 3 heterocycles. The molecule has 2 aliphatic rings. The minimum absolute atomic E-state index is 0.0266. The summed E-state index contributed by atoms with van der Waals surface area (Å²) in [5.41, 5.74) is 1.50. The third-order valence-corrected chi connectivity index (χ3v) is 7.02. The molecule has 0 amide bonds. The van der Waals surface area contributed by atoms with Crippen LogP contribution in [0.5, 0.6) is 5.75 Å². The number of rotatable bonds is 11. The van der Waals surface area contributed by atoms with Crippen LogP contribution in [0.2, 0.25) is 5.02 Å². The second-order valence-corrected chi connectivity index (χ2v) is 9.89. The van der Waals surface area contributed by atoms with Gasteiger partial charge in [0.05, 0.1) is 42.6 Å². The molecular formula is C28H29ClF2N4O5. The number of fused-ring (bicyclic) bond motifs is 2. The van der Waals surface area contributed by atoms with Crippen LogP contribution >= 0.6 is 11.6 Å². The van der Waals surface area contributed by atoms with Crippen LogP contribution < -0.4 is 10.1 Å². The van der Waals surface area contributed by atoms with E-state index in [-0.39, 0.29) is 36.8 Å². The number of likely N-dealkylation sites (tertiary alicyclic amines) is 1. The number of carbonyl (C=O) groups excluding carboxylic acids is 1. The molecule has 3 aromatic rings. The van der Waals surface area contributed by atoms with Crippen LogP contribution in [0, 0.1) is 5.82 Å². The van der Waals surface area contributed by atoms with Gasteiger partial charge >= 0.3 is 0 Å². The molecule has 0 unspecified atom stereocenters. The van der Waals surface area contributed by atoms with E-state index in [0.29, 0.717) is 66.6 Å². The highest BCUT2D eigenvalue weighted by Crippen LogP contribution is 2.32. The number of halogens is 3. The minimum atomic E-state index is -0.830. The van der Waals surface area contributed by atoms with Crippen LogP contribution in [0.25, 0.3) is 10.9 Å². The van der Waals surface area contributed by atoms with E-state index in [9.17, 15) is 13.6 Å². The summed E-state index contributed by atoms with van der Waals surface area (Å²) in [6, 6.07) is 7.56. The summed E-state index contributed by atoms with van der Waals surface area (Å²) >= 11 is 5.92. The third-order valence-electron chi connectivity index (χ3n) is 6.73. The SMILES string of the molecule is COCCOc1cc2ncnc(Nc3ccc(F)c(Cl)c3)c2cc1CC(=O)/C(F)=C/CN1C[C@@H]2OCCO[C@@H]2C1. The smallest absolute Gasteiger partial charge is 0.195 e. The van der Waals surface area contributed by atoms with Crippen molar-refractivity contribution in [2.24, 2.45) is 0 Å². The molecule has 5 rings (SSSR count). The van der Waals surface area contributed by atoms with Gasteiger partial charge in [-0.2, -0.15) is 0 Å². The Balaban J connectivity index is 1.36. The molecule has 12 heteroatoms. The largest absolute Gasteiger partial charge is 0.491 e. The molecule has 0 aliphatic carbocycles. The molecule has 40 heavy (non-hydrogen) atoms. The summed E-state index contributed by atoms with van der Waals surface area (Å²) in [6.07, 6.45) is 2.37. The number of methoxy groups -OCH3 is 1. The molecular weight excluding hydrogens is 546 g/mol. The van der Waals surface area contributed by atoms with Crippen molar-refractivity contribution in [1.29, 1.82) is 0 Å². The van der Waals surface area contributed by atoms with Crippen LogP contribution in [-0.2, 0) is 25.4 Å². The van der Waals surface area contributed by atoms with E-state index in [0.717, 1.165) is 0 Å². The standard InChI is InChI=1S/C28H29ClF2N4O5/c1-37-6-7-38-25-13-23-19(28(33-16-32-23)34-18-2-3-21(30)20(29)12-18)10-17(25)11-24(36)22(31)4-5-35-14-26-27(15-35)40-9-8-39-26/h2-4,10,12-13,16,26-27H,5-9,11,14-15H2,1H3,(H,32,33,34)/b22-4-/t26-,27+. The Morgan fingerprint density at radius 2 is 1.95 bits per heavy atom. The maximum absolute atomic E-state index is 15.0. The average Bonchev–Trinajstić information content (AvgIpc) is 3.37. The Morgan fingerprint density at radius 1 is 1.18 bits per heavy atom. The zero-order chi connectivity index (χ0) is 28.1. The van der Waals surface area contributed by atoms with Gasteiger partial charge in [0.15, 0.2) is 11.6 Å². The van der Waals surface area contributed by atoms with E-state index >= 15 is 0 Å². The lowest BCUT2D eigenvalue weighted by atomic mass is 10.0. The van der Waals surface area contributed by atoms with Gasteiger partial charge < -0.3 is 24.3 Å². The van der Waals surface area contributed by atoms with E-state index in [1.165, 1.54) is 30.6 Å². The zero-order valence-electron chi connectivity index (χ0n) is 21.9. The Hall–Kier alpha value is -3.22. The molecule has 0 spiro atoms. The molecule has 212 valence electrons. The number of nitrogens with one attached hydrogen (secondary N) is 1. The first-order valence-corrected chi connectivity index (χ1v) is 13.2. The molecule has 1 aromatic heterocycles. The summed E-state index contributed by atoms with van der Waals surface area (Å²) in [4.78, 5) is 23.6. The highest BCUT2D eigenvalue weighted by molar-refractivity contribution is 6.31. The van der Waals surface area contributed by atoms with E-state index < -0.39 is 17.4 Å². The molecule has 0 saturated carbocycles. The molecule has 2 aromatic carbocycles. The lowest BCUT2D eigenvalue weighted by Gasteiger charge is -2.24. The van der Waals surface area contributed by atoms with Crippen molar-refractivity contribution in [3.63, 3.8) is 0 Å². The molecule has 2 aliphatic heterocycles. The Labute approximate surface area is 235 Å². The van der Waals surface area contributed by atoms with Gasteiger partial charge in [-0.05, 0) is 30.3 Å². The fourth-order valence-electron chi connectivity index (χ4n) is 4.71. The van der Waals surface area contributed by atoms with Crippen molar-refractivity contribution in [3.8, 4) is 5.75 Å². The predicted octanol–water partition coefficient (Wildman–Crippen LogP) is 4.26. The number of Topliss-reactive ketones (excluding diaryl/α,β-unsaturated/α-hetero) is 1. The monoisotopic (exact) mass is 574 g/mol. The number of allylic oxidation sites excluding steroid dienone is 1. The topological polar surface area (TPSA) is 95.0 Å². The molecule has 2 saturated heterocycles. The quantitative estimate of drug-likeness (QED) is 0.266. The first kappa shape index (κ1) is 28.3. The first-order valence-electron chi connectivity index (χ1n) is 12.9. The minimum Gasteiger partial charge on any atom is -0.491 e. The number of aromatic nitrogens is 2. The molecule has 0 bridgehead atoms. The van der Waals surface area contributed by atoms with Crippen LogP contribution in [0.3, 0.4) is 0 Å². The zero-order valence-corrected chi connectivity index (χ0v) is 22.6. The summed E-state index contributed by atoms with van der Waals surface area (Å²) in [7, 11) is 1.55. The van der Waals surface area contributed by atoms with Crippen molar-refractivity contribution in [3.05, 3.63) is 65.0 Å². The fraction of sp³-hybridized carbons (Fsp3) is 0.393. The van der Waals surface area contributed by atoms with Crippen molar-refractivity contribution >= 4 is 39.8 Å². The second-order valence-electron chi connectivity index (χ2n) is 9.48. The van der Waals surface area contributed by atoms with Gasteiger partial charge in [0.2, 0.25) is 0 Å².